The highest BCUT2D eigenvalue weighted by molar-refractivity contribution is 5.92. The Morgan fingerprint density at radius 1 is 1.22 bits per heavy atom. The van der Waals surface area contributed by atoms with Crippen LogP contribution in [0.4, 0.5) is 4.39 Å². The van der Waals surface area contributed by atoms with Crippen molar-refractivity contribution in [3.8, 4) is 23.3 Å². The van der Waals surface area contributed by atoms with Crippen LogP contribution in [0.5, 0.6) is 11.5 Å². The molecular weight excluding hydrogens is 349 g/mol. The Bertz CT molecular complexity index is 1020. The maximum Gasteiger partial charge on any atom is 0.347 e. The van der Waals surface area contributed by atoms with Gasteiger partial charge < -0.3 is 9.47 Å². The van der Waals surface area contributed by atoms with Gasteiger partial charge in [-0.25, -0.2) is 13.9 Å². The number of benzene rings is 2. The van der Waals surface area contributed by atoms with Crippen LogP contribution >= 0.6 is 0 Å². The van der Waals surface area contributed by atoms with Crippen LogP contribution in [0.15, 0.2) is 48.7 Å². The molecule has 2 aromatic carbocycles. The van der Waals surface area contributed by atoms with Gasteiger partial charge in [-0.15, -0.1) is 0 Å². The zero-order chi connectivity index (χ0) is 19.4. The van der Waals surface area contributed by atoms with E-state index in [9.17, 15) is 9.18 Å². The summed E-state index contributed by atoms with van der Waals surface area (Å²) in [6.45, 7) is 1.89. The molecule has 6 nitrogen and oxygen atoms in total. The second kappa shape index (κ2) is 7.70. The molecule has 136 valence electrons. The Hall–Kier alpha value is -3.66. The molecule has 0 atom stereocenters. The predicted molar refractivity (Wildman–Crippen MR) is 95.6 cm³/mol. The summed E-state index contributed by atoms with van der Waals surface area (Å²) in [6.07, 6.45) is 1.94. The predicted octanol–water partition coefficient (Wildman–Crippen LogP) is 3.67. The van der Waals surface area contributed by atoms with Gasteiger partial charge in [0, 0.05) is 6.07 Å². The van der Waals surface area contributed by atoms with E-state index in [-0.39, 0.29) is 17.3 Å². The number of halogens is 1. The fourth-order valence-electron chi connectivity index (χ4n) is 2.67. The molecule has 0 aliphatic heterocycles. The van der Waals surface area contributed by atoms with Crippen molar-refractivity contribution in [2.45, 2.75) is 13.3 Å². The van der Waals surface area contributed by atoms with Crippen molar-refractivity contribution in [2.24, 2.45) is 0 Å². The summed E-state index contributed by atoms with van der Waals surface area (Å²) in [5.41, 5.74) is 1.97. The van der Waals surface area contributed by atoms with Gasteiger partial charge in [0.1, 0.15) is 11.4 Å². The number of rotatable bonds is 5. The monoisotopic (exact) mass is 365 g/mol. The number of carbonyl (C=O) groups is 1. The average molecular weight is 365 g/mol. The van der Waals surface area contributed by atoms with Gasteiger partial charge in [0.15, 0.2) is 11.5 Å². The minimum Gasteiger partial charge on any atom is -0.493 e. The molecule has 0 bridgehead atoms. The average Bonchev–Trinajstić information content (AvgIpc) is 3.13. The third-order valence-electron chi connectivity index (χ3n) is 3.99. The van der Waals surface area contributed by atoms with Crippen LogP contribution in [0.2, 0.25) is 0 Å². The molecule has 3 rings (SSSR count). The molecule has 0 amide bonds. The molecule has 1 aromatic heterocycles. The zero-order valence-electron chi connectivity index (χ0n) is 14.8. The fourth-order valence-corrected chi connectivity index (χ4v) is 2.67. The first-order valence-corrected chi connectivity index (χ1v) is 8.20. The maximum absolute atomic E-state index is 13.2. The van der Waals surface area contributed by atoms with Crippen LogP contribution in [0.3, 0.4) is 0 Å². The number of aromatic nitrogens is 2. The minimum atomic E-state index is -0.594. The SMILES string of the molecule is CCc1c(C(=O)Oc2ccc(C#N)cc2OC)cnn1-c1ccc(F)cc1. The van der Waals surface area contributed by atoms with Crippen molar-refractivity contribution < 1.29 is 18.7 Å². The molecule has 0 fully saturated rings. The lowest BCUT2D eigenvalue weighted by Crippen LogP contribution is -2.12. The molecule has 27 heavy (non-hydrogen) atoms. The van der Waals surface area contributed by atoms with E-state index in [4.69, 9.17) is 14.7 Å². The number of methoxy groups -OCH3 is 1. The van der Waals surface area contributed by atoms with Crippen LogP contribution < -0.4 is 9.47 Å². The van der Waals surface area contributed by atoms with Gasteiger partial charge in [0.2, 0.25) is 0 Å². The Balaban J connectivity index is 1.92. The molecule has 0 saturated heterocycles. The number of esters is 1. The highest BCUT2D eigenvalue weighted by atomic mass is 19.1. The van der Waals surface area contributed by atoms with Crippen molar-refractivity contribution in [2.75, 3.05) is 7.11 Å². The molecule has 0 radical (unpaired) electrons. The molecule has 1 heterocycles. The molecule has 0 aliphatic rings. The lowest BCUT2D eigenvalue weighted by Gasteiger charge is -2.10. The number of hydrogen-bond donors (Lipinski definition) is 0. The molecule has 0 aliphatic carbocycles. The second-order valence-electron chi connectivity index (χ2n) is 5.61. The Kier molecular flexibility index (Phi) is 5.18. The van der Waals surface area contributed by atoms with Gasteiger partial charge in [-0.1, -0.05) is 6.92 Å². The zero-order valence-corrected chi connectivity index (χ0v) is 14.8. The van der Waals surface area contributed by atoms with E-state index in [1.807, 2.05) is 13.0 Å². The normalized spacial score (nSPS) is 10.3. The summed E-state index contributed by atoms with van der Waals surface area (Å²) >= 11 is 0. The summed E-state index contributed by atoms with van der Waals surface area (Å²) in [5.74, 6) is -0.454. The first-order valence-electron chi connectivity index (χ1n) is 8.20. The Labute approximate surface area is 155 Å². The number of carbonyl (C=O) groups excluding carboxylic acids is 1. The van der Waals surface area contributed by atoms with Crippen LogP contribution in [0.1, 0.15) is 28.5 Å². The minimum absolute atomic E-state index is 0.207. The van der Waals surface area contributed by atoms with Gasteiger partial charge in [-0.05, 0) is 42.8 Å². The van der Waals surface area contributed by atoms with E-state index in [1.54, 1.807) is 16.8 Å². The van der Waals surface area contributed by atoms with Crippen molar-refractivity contribution in [1.82, 2.24) is 9.78 Å². The van der Waals surface area contributed by atoms with Crippen molar-refractivity contribution in [1.29, 1.82) is 5.26 Å². The van der Waals surface area contributed by atoms with E-state index >= 15 is 0 Å². The summed E-state index contributed by atoms with van der Waals surface area (Å²) in [4.78, 5) is 12.7. The smallest absolute Gasteiger partial charge is 0.347 e. The van der Waals surface area contributed by atoms with E-state index in [2.05, 4.69) is 5.10 Å². The van der Waals surface area contributed by atoms with Crippen molar-refractivity contribution in [3.63, 3.8) is 0 Å². The molecular formula is C20H16FN3O3. The molecule has 0 unspecified atom stereocenters. The molecule has 7 heteroatoms. The number of ether oxygens (including phenoxy) is 2. The fraction of sp³-hybridized carbons (Fsp3) is 0.150. The standard InChI is InChI=1S/C20H16FN3O3/c1-3-17-16(12-23-24(17)15-7-5-14(21)6-8-15)20(25)27-18-9-4-13(11-22)10-19(18)26-2/h4-10,12H,3H2,1-2H3. The van der Waals surface area contributed by atoms with Gasteiger partial charge in [0.25, 0.3) is 0 Å². The molecule has 0 spiro atoms. The molecule has 3 aromatic rings. The van der Waals surface area contributed by atoms with Gasteiger partial charge in [-0.3, -0.25) is 0 Å². The summed E-state index contributed by atoms with van der Waals surface area (Å²) in [6, 6.07) is 12.4. The third-order valence-corrected chi connectivity index (χ3v) is 3.99. The van der Waals surface area contributed by atoms with E-state index in [0.29, 0.717) is 28.9 Å². The highest BCUT2D eigenvalue weighted by Gasteiger charge is 2.20. The lowest BCUT2D eigenvalue weighted by molar-refractivity contribution is 0.0728. The Morgan fingerprint density at radius 3 is 2.59 bits per heavy atom. The number of nitrogens with zero attached hydrogens (tertiary/aromatic N) is 3. The maximum atomic E-state index is 13.2. The summed E-state index contributed by atoms with van der Waals surface area (Å²) < 4.78 is 25.4. The molecule has 0 saturated carbocycles. The second-order valence-corrected chi connectivity index (χ2v) is 5.61. The topological polar surface area (TPSA) is 77.1 Å². The summed E-state index contributed by atoms with van der Waals surface area (Å²) in [7, 11) is 1.43. The largest absolute Gasteiger partial charge is 0.493 e. The number of nitriles is 1. The van der Waals surface area contributed by atoms with Crippen LogP contribution in [-0.4, -0.2) is 22.9 Å². The highest BCUT2D eigenvalue weighted by Crippen LogP contribution is 2.29. The first kappa shape index (κ1) is 18.1. The van der Waals surface area contributed by atoms with Crippen molar-refractivity contribution >= 4 is 5.97 Å². The van der Waals surface area contributed by atoms with E-state index in [1.165, 1.54) is 43.6 Å². The lowest BCUT2D eigenvalue weighted by atomic mass is 10.2. The number of hydrogen-bond acceptors (Lipinski definition) is 5. The van der Waals surface area contributed by atoms with Crippen LogP contribution in [0, 0.1) is 17.1 Å². The molecule has 0 N–H and O–H groups in total. The Morgan fingerprint density at radius 2 is 1.96 bits per heavy atom. The van der Waals surface area contributed by atoms with Crippen LogP contribution in [-0.2, 0) is 6.42 Å². The third kappa shape index (κ3) is 3.65. The van der Waals surface area contributed by atoms with E-state index in [0.717, 1.165) is 0 Å². The first-order chi connectivity index (χ1) is 13.1. The van der Waals surface area contributed by atoms with Crippen molar-refractivity contribution in [3.05, 3.63) is 71.3 Å². The van der Waals surface area contributed by atoms with Gasteiger partial charge in [0.05, 0.1) is 36.3 Å². The summed E-state index contributed by atoms with van der Waals surface area (Å²) in [5, 5.41) is 13.2. The van der Waals surface area contributed by atoms with Gasteiger partial charge >= 0.3 is 5.97 Å². The quantitative estimate of drug-likeness (QED) is 0.509. The van der Waals surface area contributed by atoms with Crippen LogP contribution in [0.25, 0.3) is 5.69 Å². The van der Waals surface area contributed by atoms with E-state index < -0.39 is 5.97 Å². The van der Waals surface area contributed by atoms with Gasteiger partial charge in [-0.2, -0.15) is 10.4 Å².